The fourth-order valence-corrected chi connectivity index (χ4v) is 2.47. The lowest BCUT2D eigenvalue weighted by atomic mass is 10.2. The molecule has 1 aromatic heterocycles. The molecule has 19 heavy (non-hydrogen) atoms. The molecule has 0 atom stereocenters. The Balaban J connectivity index is 2.07. The molecule has 2 rings (SSSR count). The normalized spacial score (nSPS) is 10.9. The topological polar surface area (TPSA) is 48.1 Å². The molecular weight excluding hydrogens is 270 g/mol. The minimum absolute atomic E-state index is 0.150. The molecule has 0 aliphatic heterocycles. The van der Waals surface area contributed by atoms with Gasteiger partial charge < -0.3 is 10.5 Å². The molecule has 2 N–H and O–H groups in total. The molecule has 0 spiro atoms. The molecule has 0 aliphatic carbocycles. The van der Waals surface area contributed by atoms with Crippen molar-refractivity contribution in [3.8, 4) is 17.0 Å². The lowest BCUT2D eigenvalue weighted by molar-refractivity contribution is -0.0498. The zero-order valence-electron chi connectivity index (χ0n) is 10.2. The Morgan fingerprint density at radius 1 is 1.26 bits per heavy atom. The zero-order chi connectivity index (χ0) is 13.7. The maximum atomic E-state index is 12.0. The fraction of sp³-hybridized carbons (Fsp3) is 0.308. The summed E-state index contributed by atoms with van der Waals surface area (Å²) in [7, 11) is 0. The summed E-state index contributed by atoms with van der Waals surface area (Å²) in [5.41, 5.74) is 7.19. The number of ether oxygens (including phenoxy) is 1. The largest absolute Gasteiger partial charge is 0.435 e. The summed E-state index contributed by atoms with van der Waals surface area (Å²) in [6.07, 6.45) is 1.78. The van der Waals surface area contributed by atoms with Crippen molar-refractivity contribution in [1.29, 1.82) is 0 Å². The first-order valence-corrected chi connectivity index (χ1v) is 6.76. The van der Waals surface area contributed by atoms with E-state index in [2.05, 4.69) is 9.72 Å². The van der Waals surface area contributed by atoms with E-state index in [1.54, 1.807) is 23.5 Å². The van der Waals surface area contributed by atoms with E-state index in [4.69, 9.17) is 5.73 Å². The monoisotopic (exact) mass is 284 g/mol. The van der Waals surface area contributed by atoms with Crippen molar-refractivity contribution in [1.82, 2.24) is 4.98 Å². The Labute approximate surface area is 114 Å². The molecule has 0 aliphatic rings. The molecular formula is C13H14F2N2OS. The first kappa shape index (κ1) is 13.9. The Kier molecular flexibility index (Phi) is 4.81. The van der Waals surface area contributed by atoms with Gasteiger partial charge in [0.25, 0.3) is 0 Å². The van der Waals surface area contributed by atoms with Gasteiger partial charge in [-0.3, -0.25) is 0 Å². The Morgan fingerprint density at radius 2 is 2.00 bits per heavy atom. The summed E-state index contributed by atoms with van der Waals surface area (Å²) < 4.78 is 28.3. The number of aryl methyl sites for hydroxylation is 1. The minimum Gasteiger partial charge on any atom is -0.435 e. The van der Waals surface area contributed by atoms with Crippen molar-refractivity contribution in [3.05, 3.63) is 34.7 Å². The highest BCUT2D eigenvalue weighted by Crippen LogP contribution is 2.25. The van der Waals surface area contributed by atoms with Crippen LogP contribution in [0.15, 0.2) is 29.6 Å². The molecule has 2 aromatic rings. The van der Waals surface area contributed by atoms with Crippen LogP contribution in [0.3, 0.4) is 0 Å². The fourth-order valence-electron chi connectivity index (χ4n) is 1.62. The van der Waals surface area contributed by atoms with Gasteiger partial charge >= 0.3 is 6.61 Å². The van der Waals surface area contributed by atoms with Gasteiger partial charge in [-0.05, 0) is 37.2 Å². The van der Waals surface area contributed by atoms with Crippen LogP contribution < -0.4 is 10.5 Å². The van der Waals surface area contributed by atoms with Gasteiger partial charge in [0.15, 0.2) is 0 Å². The third-order valence-electron chi connectivity index (χ3n) is 2.52. The molecule has 0 unspecified atom stereocenters. The van der Waals surface area contributed by atoms with E-state index in [1.165, 1.54) is 12.1 Å². The number of alkyl halides is 2. The molecule has 0 radical (unpaired) electrons. The van der Waals surface area contributed by atoms with Crippen molar-refractivity contribution in [2.75, 3.05) is 6.54 Å². The van der Waals surface area contributed by atoms with Crippen LogP contribution >= 0.6 is 11.3 Å². The van der Waals surface area contributed by atoms with Gasteiger partial charge in [-0.2, -0.15) is 8.78 Å². The van der Waals surface area contributed by atoms with E-state index in [0.717, 1.165) is 29.1 Å². The molecule has 102 valence electrons. The van der Waals surface area contributed by atoms with Crippen LogP contribution in [0.1, 0.15) is 11.4 Å². The number of hydrogen-bond donors (Lipinski definition) is 1. The van der Waals surface area contributed by atoms with Gasteiger partial charge in [-0.15, -0.1) is 11.3 Å². The lowest BCUT2D eigenvalue weighted by Gasteiger charge is -2.04. The molecule has 1 aromatic carbocycles. The number of nitrogens with two attached hydrogens (primary N) is 1. The van der Waals surface area contributed by atoms with Crippen molar-refractivity contribution in [2.45, 2.75) is 19.5 Å². The van der Waals surface area contributed by atoms with Crippen molar-refractivity contribution < 1.29 is 13.5 Å². The van der Waals surface area contributed by atoms with Crippen LogP contribution in [0, 0.1) is 0 Å². The van der Waals surface area contributed by atoms with E-state index >= 15 is 0 Å². The number of halogens is 2. The standard InChI is InChI=1S/C13H14F2N2OS/c14-13(15)18-10-5-3-9(4-6-10)11-8-19-12(17-11)2-1-7-16/h3-6,8,13H,1-2,7,16H2. The molecule has 3 nitrogen and oxygen atoms in total. The van der Waals surface area contributed by atoms with Gasteiger partial charge in [0.1, 0.15) is 5.75 Å². The lowest BCUT2D eigenvalue weighted by Crippen LogP contribution is -2.01. The number of aromatic nitrogens is 1. The highest BCUT2D eigenvalue weighted by molar-refractivity contribution is 7.09. The summed E-state index contributed by atoms with van der Waals surface area (Å²) in [5.74, 6) is 0.150. The number of thiazole rings is 1. The summed E-state index contributed by atoms with van der Waals surface area (Å²) in [5, 5.41) is 2.99. The van der Waals surface area contributed by atoms with Crippen LogP contribution in [0.25, 0.3) is 11.3 Å². The molecule has 0 saturated heterocycles. The van der Waals surface area contributed by atoms with Gasteiger partial charge in [-0.25, -0.2) is 4.98 Å². The van der Waals surface area contributed by atoms with Crippen molar-refractivity contribution in [2.24, 2.45) is 5.73 Å². The molecule has 0 fully saturated rings. The van der Waals surface area contributed by atoms with E-state index in [0.29, 0.717) is 6.54 Å². The van der Waals surface area contributed by atoms with Crippen LogP contribution in [0.5, 0.6) is 5.75 Å². The molecule has 1 heterocycles. The van der Waals surface area contributed by atoms with Gasteiger partial charge in [0, 0.05) is 17.4 Å². The zero-order valence-corrected chi connectivity index (χ0v) is 11.0. The van der Waals surface area contributed by atoms with Crippen LogP contribution in [-0.4, -0.2) is 18.1 Å². The number of benzene rings is 1. The molecule has 0 amide bonds. The van der Waals surface area contributed by atoms with E-state index in [9.17, 15) is 8.78 Å². The number of hydrogen-bond acceptors (Lipinski definition) is 4. The highest BCUT2D eigenvalue weighted by Gasteiger charge is 2.07. The number of nitrogens with zero attached hydrogens (tertiary/aromatic N) is 1. The Morgan fingerprint density at radius 3 is 2.63 bits per heavy atom. The van der Waals surface area contributed by atoms with E-state index in [1.807, 2.05) is 5.38 Å². The SMILES string of the molecule is NCCCc1nc(-c2ccc(OC(F)F)cc2)cs1. The summed E-state index contributed by atoms with van der Waals surface area (Å²) >= 11 is 1.58. The Hall–Kier alpha value is -1.53. The number of rotatable bonds is 6. The minimum atomic E-state index is -2.80. The molecule has 6 heteroatoms. The quantitative estimate of drug-likeness (QED) is 0.885. The maximum Gasteiger partial charge on any atom is 0.387 e. The molecule has 0 saturated carbocycles. The van der Waals surface area contributed by atoms with Crippen LogP contribution in [-0.2, 0) is 6.42 Å². The predicted molar refractivity (Wildman–Crippen MR) is 71.6 cm³/mol. The highest BCUT2D eigenvalue weighted by atomic mass is 32.1. The van der Waals surface area contributed by atoms with Gasteiger partial charge in [0.05, 0.1) is 10.7 Å². The van der Waals surface area contributed by atoms with Crippen molar-refractivity contribution >= 4 is 11.3 Å². The van der Waals surface area contributed by atoms with E-state index < -0.39 is 6.61 Å². The second-order valence-corrected chi connectivity index (χ2v) is 4.86. The summed E-state index contributed by atoms with van der Waals surface area (Å²) in [4.78, 5) is 4.48. The van der Waals surface area contributed by atoms with Crippen LogP contribution in [0.2, 0.25) is 0 Å². The van der Waals surface area contributed by atoms with E-state index in [-0.39, 0.29) is 5.75 Å². The first-order valence-electron chi connectivity index (χ1n) is 5.89. The van der Waals surface area contributed by atoms with Gasteiger partial charge in [0.2, 0.25) is 0 Å². The summed E-state index contributed by atoms with van der Waals surface area (Å²) in [6.45, 7) is -2.15. The third kappa shape index (κ3) is 3.97. The first-order chi connectivity index (χ1) is 9.19. The van der Waals surface area contributed by atoms with Crippen LogP contribution in [0.4, 0.5) is 8.78 Å². The maximum absolute atomic E-state index is 12.0. The second-order valence-electron chi connectivity index (χ2n) is 3.92. The average Bonchev–Trinajstić information content (AvgIpc) is 2.85. The second kappa shape index (κ2) is 6.58. The smallest absolute Gasteiger partial charge is 0.387 e. The summed E-state index contributed by atoms with van der Waals surface area (Å²) in [6, 6.07) is 6.47. The Bertz CT molecular complexity index is 514. The average molecular weight is 284 g/mol. The van der Waals surface area contributed by atoms with Crippen molar-refractivity contribution in [3.63, 3.8) is 0 Å². The third-order valence-corrected chi connectivity index (χ3v) is 3.43. The predicted octanol–water partition coefficient (Wildman–Crippen LogP) is 3.30. The molecule has 0 bridgehead atoms. The van der Waals surface area contributed by atoms with Gasteiger partial charge in [-0.1, -0.05) is 0 Å².